The zero-order valence-corrected chi connectivity index (χ0v) is 10.4. The van der Waals surface area contributed by atoms with E-state index >= 15 is 0 Å². The Morgan fingerprint density at radius 3 is 2.88 bits per heavy atom. The van der Waals surface area contributed by atoms with Crippen molar-refractivity contribution in [2.45, 2.75) is 6.42 Å². The Morgan fingerprint density at radius 2 is 2.18 bits per heavy atom. The van der Waals surface area contributed by atoms with Gasteiger partial charge in [0.1, 0.15) is 6.61 Å². The molecule has 1 N–H and O–H groups in total. The zero-order valence-electron chi connectivity index (χ0n) is 10.4. The molecule has 94 valence electrons. The Bertz CT molecular complexity index is 352. The highest BCUT2D eigenvalue weighted by Gasteiger charge is 2.07. The maximum Gasteiger partial charge on any atom is 0.338 e. The Balaban J connectivity index is 2.54. The van der Waals surface area contributed by atoms with Gasteiger partial charge in [-0.3, -0.25) is 0 Å². The number of carbonyl (C=O) groups excluding carboxylic acids is 1. The van der Waals surface area contributed by atoms with Crippen LogP contribution in [0.1, 0.15) is 15.9 Å². The highest BCUT2D eigenvalue weighted by Crippen LogP contribution is 2.07. The molecule has 0 amide bonds. The van der Waals surface area contributed by atoms with Crippen molar-refractivity contribution in [3.63, 3.8) is 0 Å². The van der Waals surface area contributed by atoms with E-state index in [-0.39, 0.29) is 12.6 Å². The van der Waals surface area contributed by atoms with E-state index in [4.69, 9.17) is 9.47 Å². The van der Waals surface area contributed by atoms with E-state index in [1.807, 2.05) is 25.2 Å². The summed E-state index contributed by atoms with van der Waals surface area (Å²) in [4.78, 5) is 11.7. The topological polar surface area (TPSA) is 47.6 Å². The van der Waals surface area contributed by atoms with E-state index in [1.165, 1.54) is 0 Å². The normalized spacial score (nSPS) is 10.2. The second-order valence-corrected chi connectivity index (χ2v) is 3.68. The number of hydrogen-bond acceptors (Lipinski definition) is 4. The van der Waals surface area contributed by atoms with Crippen LogP contribution >= 0.6 is 0 Å². The quantitative estimate of drug-likeness (QED) is 0.573. The molecule has 0 unspecified atom stereocenters. The molecule has 4 nitrogen and oxygen atoms in total. The second kappa shape index (κ2) is 7.81. The van der Waals surface area contributed by atoms with Crippen LogP contribution in [0.25, 0.3) is 0 Å². The van der Waals surface area contributed by atoms with Crippen LogP contribution in [0.4, 0.5) is 0 Å². The van der Waals surface area contributed by atoms with Crippen molar-refractivity contribution in [3.8, 4) is 0 Å². The predicted molar refractivity (Wildman–Crippen MR) is 66.2 cm³/mol. The minimum absolute atomic E-state index is 0.288. The molecule has 0 spiro atoms. The van der Waals surface area contributed by atoms with E-state index in [2.05, 4.69) is 5.32 Å². The van der Waals surface area contributed by atoms with Crippen molar-refractivity contribution in [2.24, 2.45) is 0 Å². The van der Waals surface area contributed by atoms with Gasteiger partial charge in [-0.2, -0.15) is 0 Å². The van der Waals surface area contributed by atoms with Gasteiger partial charge in [0.2, 0.25) is 0 Å². The van der Waals surface area contributed by atoms with Gasteiger partial charge in [0.05, 0.1) is 12.2 Å². The van der Waals surface area contributed by atoms with Gasteiger partial charge in [0.25, 0.3) is 0 Å². The summed E-state index contributed by atoms with van der Waals surface area (Å²) in [6, 6.07) is 7.51. The number of ether oxygens (including phenoxy) is 2. The van der Waals surface area contributed by atoms with Gasteiger partial charge in [0, 0.05) is 7.11 Å². The molecule has 0 aliphatic rings. The molecule has 17 heavy (non-hydrogen) atoms. The van der Waals surface area contributed by atoms with Gasteiger partial charge in [-0.1, -0.05) is 12.1 Å². The number of hydrogen-bond donors (Lipinski definition) is 1. The Kier molecular flexibility index (Phi) is 6.29. The average Bonchev–Trinajstić information content (AvgIpc) is 2.37. The lowest BCUT2D eigenvalue weighted by Crippen LogP contribution is -2.12. The third-order valence-electron chi connectivity index (χ3n) is 2.35. The summed E-state index contributed by atoms with van der Waals surface area (Å²) in [6.07, 6.45) is 0.899. The van der Waals surface area contributed by atoms with E-state index in [1.54, 1.807) is 13.2 Å². The summed E-state index contributed by atoms with van der Waals surface area (Å²) in [7, 11) is 3.48. The van der Waals surface area contributed by atoms with Crippen molar-refractivity contribution in [1.82, 2.24) is 5.32 Å². The predicted octanol–water partition coefficient (Wildman–Crippen LogP) is 1.25. The molecular formula is C13H19NO3. The molecule has 0 saturated carbocycles. The van der Waals surface area contributed by atoms with E-state index in [0.29, 0.717) is 12.2 Å². The van der Waals surface area contributed by atoms with E-state index in [9.17, 15) is 4.79 Å². The SMILES string of the molecule is CNCCc1cccc(C(=O)OCCOC)c1. The van der Waals surface area contributed by atoms with Crippen molar-refractivity contribution in [2.75, 3.05) is 33.9 Å². The van der Waals surface area contributed by atoms with Gasteiger partial charge in [-0.15, -0.1) is 0 Å². The third kappa shape index (κ3) is 4.97. The molecule has 0 aromatic heterocycles. The number of likely N-dealkylation sites (N-methyl/N-ethyl adjacent to an activating group) is 1. The lowest BCUT2D eigenvalue weighted by molar-refractivity contribution is 0.0388. The molecule has 0 aliphatic carbocycles. The Hall–Kier alpha value is -1.39. The van der Waals surface area contributed by atoms with Crippen LogP contribution in [-0.2, 0) is 15.9 Å². The van der Waals surface area contributed by atoms with Gasteiger partial charge in [-0.25, -0.2) is 4.79 Å². The molecule has 0 aliphatic heterocycles. The molecule has 0 saturated heterocycles. The molecule has 0 atom stereocenters. The number of esters is 1. The first-order valence-corrected chi connectivity index (χ1v) is 5.67. The van der Waals surface area contributed by atoms with Gasteiger partial charge in [-0.05, 0) is 37.7 Å². The van der Waals surface area contributed by atoms with Gasteiger partial charge >= 0.3 is 5.97 Å². The number of rotatable bonds is 7. The zero-order chi connectivity index (χ0) is 12.5. The average molecular weight is 237 g/mol. The summed E-state index contributed by atoms with van der Waals surface area (Å²) < 4.78 is 9.87. The molecule has 4 heteroatoms. The molecule has 1 aromatic carbocycles. The van der Waals surface area contributed by atoms with Crippen LogP contribution in [0.5, 0.6) is 0 Å². The van der Waals surface area contributed by atoms with Gasteiger partial charge in [0.15, 0.2) is 0 Å². The molecule has 0 heterocycles. The molecule has 1 aromatic rings. The summed E-state index contributed by atoms with van der Waals surface area (Å²) in [5.74, 6) is -0.298. The molecular weight excluding hydrogens is 218 g/mol. The molecule has 1 rings (SSSR count). The fourth-order valence-corrected chi connectivity index (χ4v) is 1.42. The smallest absolute Gasteiger partial charge is 0.338 e. The maximum atomic E-state index is 11.7. The Morgan fingerprint density at radius 1 is 1.35 bits per heavy atom. The highest BCUT2D eigenvalue weighted by molar-refractivity contribution is 5.89. The van der Waals surface area contributed by atoms with Crippen molar-refractivity contribution >= 4 is 5.97 Å². The monoisotopic (exact) mass is 237 g/mol. The number of nitrogens with one attached hydrogen (secondary N) is 1. The second-order valence-electron chi connectivity index (χ2n) is 3.68. The summed E-state index contributed by atoms with van der Waals surface area (Å²) >= 11 is 0. The molecule has 0 radical (unpaired) electrons. The van der Waals surface area contributed by atoms with Crippen molar-refractivity contribution < 1.29 is 14.3 Å². The number of methoxy groups -OCH3 is 1. The van der Waals surface area contributed by atoms with Crippen LogP contribution < -0.4 is 5.32 Å². The van der Waals surface area contributed by atoms with E-state index in [0.717, 1.165) is 18.5 Å². The minimum atomic E-state index is -0.298. The first-order valence-electron chi connectivity index (χ1n) is 5.67. The van der Waals surface area contributed by atoms with Crippen LogP contribution in [0.2, 0.25) is 0 Å². The highest BCUT2D eigenvalue weighted by atomic mass is 16.6. The van der Waals surface area contributed by atoms with E-state index < -0.39 is 0 Å². The largest absolute Gasteiger partial charge is 0.460 e. The Labute approximate surface area is 102 Å². The third-order valence-corrected chi connectivity index (χ3v) is 2.35. The standard InChI is InChI=1S/C13H19NO3/c1-14-7-6-11-4-3-5-12(10-11)13(15)17-9-8-16-2/h3-5,10,14H,6-9H2,1-2H3. The molecule has 0 bridgehead atoms. The van der Waals surface area contributed by atoms with Crippen LogP contribution in [0.15, 0.2) is 24.3 Å². The number of benzene rings is 1. The summed E-state index contributed by atoms with van der Waals surface area (Å²) in [5, 5.41) is 3.07. The summed E-state index contributed by atoms with van der Waals surface area (Å²) in [6.45, 7) is 1.60. The lowest BCUT2D eigenvalue weighted by atomic mass is 10.1. The maximum absolute atomic E-state index is 11.7. The van der Waals surface area contributed by atoms with Crippen molar-refractivity contribution in [3.05, 3.63) is 35.4 Å². The van der Waals surface area contributed by atoms with Crippen LogP contribution in [-0.4, -0.2) is 39.9 Å². The first kappa shape index (κ1) is 13.7. The fourth-order valence-electron chi connectivity index (χ4n) is 1.42. The van der Waals surface area contributed by atoms with Gasteiger partial charge < -0.3 is 14.8 Å². The minimum Gasteiger partial charge on any atom is -0.460 e. The van der Waals surface area contributed by atoms with Crippen LogP contribution in [0.3, 0.4) is 0 Å². The number of carbonyl (C=O) groups is 1. The first-order chi connectivity index (χ1) is 8.27. The summed E-state index contributed by atoms with van der Waals surface area (Å²) in [5.41, 5.74) is 1.72. The van der Waals surface area contributed by atoms with Crippen LogP contribution in [0, 0.1) is 0 Å². The van der Waals surface area contributed by atoms with Crippen molar-refractivity contribution in [1.29, 1.82) is 0 Å². The lowest BCUT2D eigenvalue weighted by Gasteiger charge is -2.06. The molecule has 0 fully saturated rings. The fraction of sp³-hybridized carbons (Fsp3) is 0.462.